The van der Waals surface area contributed by atoms with Gasteiger partial charge in [-0.1, -0.05) is 60.1 Å². The average Bonchev–Trinajstić information content (AvgIpc) is 3.05. The molecular formula is C23H16ClNO2S. The number of benzene rings is 3. The fourth-order valence-electron chi connectivity index (χ4n) is 2.82. The number of hydrogen-bond donors (Lipinski definition) is 0. The quantitative estimate of drug-likeness (QED) is 0.212. The van der Waals surface area contributed by atoms with Crippen LogP contribution >= 0.6 is 22.9 Å². The second-order valence-electron chi connectivity index (χ2n) is 6.21. The lowest BCUT2D eigenvalue weighted by molar-refractivity contribution is 0.0740. The van der Waals surface area contributed by atoms with E-state index in [1.807, 2.05) is 73.7 Å². The van der Waals surface area contributed by atoms with Crippen LogP contribution in [0.5, 0.6) is 5.75 Å². The molecule has 0 radical (unpaired) electrons. The molecule has 1 heterocycles. The molecule has 3 aromatic carbocycles. The number of para-hydroxylation sites is 2. The third kappa shape index (κ3) is 3.70. The second kappa shape index (κ2) is 7.97. The summed E-state index contributed by atoms with van der Waals surface area (Å²) in [6, 6.07) is 22.8. The van der Waals surface area contributed by atoms with Crippen LogP contribution in [0.1, 0.15) is 20.8 Å². The Hall–Kier alpha value is -2.95. The summed E-state index contributed by atoms with van der Waals surface area (Å²) in [6.07, 6.45) is 1.71. The third-order valence-electron chi connectivity index (χ3n) is 4.30. The molecule has 0 aliphatic heterocycles. The van der Waals surface area contributed by atoms with E-state index < -0.39 is 5.97 Å². The SMILES string of the molecule is Cc1ccccc1N=Cc1ccccc1OC(=O)c1sc2ccccc2c1Cl. The molecule has 0 saturated heterocycles. The normalized spacial score (nSPS) is 11.2. The minimum atomic E-state index is -0.469. The summed E-state index contributed by atoms with van der Waals surface area (Å²) >= 11 is 7.73. The Morgan fingerprint density at radius 2 is 1.71 bits per heavy atom. The number of carbonyl (C=O) groups is 1. The molecule has 28 heavy (non-hydrogen) atoms. The van der Waals surface area contributed by atoms with E-state index in [0.29, 0.717) is 15.6 Å². The third-order valence-corrected chi connectivity index (χ3v) is 5.96. The van der Waals surface area contributed by atoms with Gasteiger partial charge in [0.05, 0.1) is 10.7 Å². The molecule has 0 N–H and O–H groups in total. The lowest BCUT2D eigenvalue weighted by Gasteiger charge is -2.06. The smallest absolute Gasteiger partial charge is 0.355 e. The van der Waals surface area contributed by atoms with Gasteiger partial charge in [0, 0.05) is 21.9 Å². The maximum absolute atomic E-state index is 12.7. The fraction of sp³-hybridized carbons (Fsp3) is 0.0435. The largest absolute Gasteiger partial charge is 0.422 e. The van der Waals surface area contributed by atoms with Crippen LogP contribution in [0.15, 0.2) is 77.8 Å². The standard InChI is InChI=1S/C23H16ClNO2S/c1-15-8-2-5-11-18(15)25-14-16-9-3-6-12-19(16)27-23(26)22-21(24)17-10-4-7-13-20(17)28-22/h2-14H,1H3. The molecular weight excluding hydrogens is 390 g/mol. The minimum Gasteiger partial charge on any atom is -0.422 e. The van der Waals surface area contributed by atoms with E-state index in [-0.39, 0.29) is 0 Å². The van der Waals surface area contributed by atoms with Gasteiger partial charge in [-0.25, -0.2) is 4.79 Å². The Kier molecular flexibility index (Phi) is 5.24. The zero-order valence-corrected chi connectivity index (χ0v) is 16.6. The molecule has 5 heteroatoms. The van der Waals surface area contributed by atoms with Crippen molar-refractivity contribution in [3.63, 3.8) is 0 Å². The predicted molar refractivity (Wildman–Crippen MR) is 117 cm³/mol. The molecule has 4 aromatic rings. The topological polar surface area (TPSA) is 38.7 Å². The Bertz CT molecular complexity index is 1200. The summed E-state index contributed by atoms with van der Waals surface area (Å²) in [5, 5.41) is 1.28. The second-order valence-corrected chi connectivity index (χ2v) is 7.64. The number of halogens is 1. The van der Waals surface area contributed by atoms with Crippen LogP contribution in [0.3, 0.4) is 0 Å². The summed E-state index contributed by atoms with van der Waals surface area (Å²) in [6.45, 7) is 2.00. The summed E-state index contributed by atoms with van der Waals surface area (Å²) in [7, 11) is 0. The van der Waals surface area contributed by atoms with Crippen molar-refractivity contribution in [3.05, 3.63) is 93.8 Å². The van der Waals surface area contributed by atoms with Crippen molar-refractivity contribution in [2.75, 3.05) is 0 Å². The first kappa shape index (κ1) is 18.4. The number of nitrogens with zero attached hydrogens (tertiary/aromatic N) is 1. The monoisotopic (exact) mass is 405 g/mol. The number of aliphatic imine (C=N–C) groups is 1. The van der Waals surface area contributed by atoms with E-state index in [1.165, 1.54) is 11.3 Å². The molecule has 0 bridgehead atoms. The van der Waals surface area contributed by atoms with Gasteiger partial charge in [0.2, 0.25) is 0 Å². The Labute approximate surface area is 171 Å². The van der Waals surface area contributed by atoms with Gasteiger partial charge < -0.3 is 4.74 Å². The van der Waals surface area contributed by atoms with Crippen LogP contribution in [0, 0.1) is 6.92 Å². The number of carbonyl (C=O) groups excluding carboxylic acids is 1. The van der Waals surface area contributed by atoms with E-state index >= 15 is 0 Å². The van der Waals surface area contributed by atoms with Gasteiger partial charge in [-0.2, -0.15) is 0 Å². The summed E-state index contributed by atoms with van der Waals surface area (Å²) in [4.78, 5) is 17.7. The molecule has 1 aromatic heterocycles. The molecule has 0 unspecified atom stereocenters. The first-order valence-electron chi connectivity index (χ1n) is 8.71. The van der Waals surface area contributed by atoms with Gasteiger partial charge in [-0.3, -0.25) is 4.99 Å². The zero-order valence-electron chi connectivity index (χ0n) is 15.1. The molecule has 3 nitrogen and oxygen atoms in total. The van der Waals surface area contributed by atoms with Crippen LogP contribution in [0.2, 0.25) is 5.02 Å². The molecule has 0 fully saturated rings. The van der Waals surface area contributed by atoms with Crippen molar-refractivity contribution in [1.29, 1.82) is 0 Å². The Morgan fingerprint density at radius 1 is 1.00 bits per heavy atom. The van der Waals surface area contributed by atoms with Gasteiger partial charge in [-0.05, 0) is 36.8 Å². The minimum absolute atomic E-state index is 0.397. The molecule has 0 spiro atoms. The summed E-state index contributed by atoms with van der Waals surface area (Å²) in [5.74, 6) is -0.0266. The Balaban J connectivity index is 1.62. The molecule has 0 saturated carbocycles. The highest BCUT2D eigenvalue weighted by Gasteiger charge is 2.19. The van der Waals surface area contributed by atoms with E-state index in [4.69, 9.17) is 16.3 Å². The predicted octanol–water partition coefficient (Wildman–Crippen LogP) is 6.83. The number of fused-ring (bicyclic) bond motifs is 1. The number of rotatable bonds is 4. The number of esters is 1. The maximum atomic E-state index is 12.7. The number of ether oxygens (including phenoxy) is 1. The van der Waals surface area contributed by atoms with Gasteiger partial charge in [-0.15, -0.1) is 11.3 Å². The highest BCUT2D eigenvalue weighted by Crippen LogP contribution is 2.36. The Morgan fingerprint density at radius 3 is 2.54 bits per heavy atom. The van der Waals surface area contributed by atoms with Crippen molar-refractivity contribution in [2.24, 2.45) is 4.99 Å². The van der Waals surface area contributed by atoms with Crippen LogP contribution in [0.4, 0.5) is 5.69 Å². The molecule has 138 valence electrons. The van der Waals surface area contributed by atoms with Gasteiger partial charge >= 0.3 is 5.97 Å². The van der Waals surface area contributed by atoms with Crippen molar-refractivity contribution in [1.82, 2.24) is 0 Å². The van der Waals surface area contributed by atoms with Crippen molar-refractivity contribution >= 4 is 50.9 Å². The lowest BCUT2D eigenvalue weighted by atomic mass is 10.2. The van der Waals surface area contributed by atoms with E-state index in [0.717, 1.165) is 26.9 Å². The van der Waals surface area contributed by atoms with Gasteiger partial charge in [0.25, 0.3) is 0 Å². The van der Waals surface area contributed by atoms with E-state index in [1.54, 1.807) is 12.3 Å². The number of hydrogen-bond acceptors (Lipinski definition) is 4. The van der Waals surface area contributed by atoms with Gasteiger partial charge in [0.15, 0.2) is 0 Å². The molecule has 0 aliphatic carbocycles. The van der Waals surface area contributed by atoms with Crippen LogP contribution < -0.4 is 4.74 Å². The van der Waals surface area contributed by atoms with Crippen molar-refractivity contribution < 1.29 is 9.53 Å². The first-order chi connectivity index (χ1) is 13.6. The highest BCUT2D eigenvalue weighted by atomic mass is 35.5. The zero-order chi connectivity index (χ0) is 19.5. The summed E-state index contributed by atoms with van der Waals surface area (Å²) < 4.78 is 6.61. The molecule has 0 aliphatic rings. The molecule has 0 amide bonds. The van der Waals surface area contributed by atoms with Crippen LogP contribution in [0.25, 0.3) is 10.1 Å². The summed E-state index contributed by atoms with van der Waals surface area (Å²) in [5.41, 5.74) is 2.66. The van der Waals surface area contributed by atoms with Gasteiger partial charge in [0.1, 0.15) is 10.6 Å². The van der Waals surface area contributed by atoms with Crippen molar-refractivity contribution in [3.8, 4) is 5.75 Å². The lowest BCUT2D eigenvalue weighted by Crippen LogP contribution is -2.08. The molecule has 0 atom stereocenters. The average molecular weight is 406 g/mol. The van der Waals surface area contributed by atoms with Crippen LogP contribution in [-0.4, -0.2) is 12.2 Å². The first-order valence-corrected chi connectivity index (χ1v) is 9.91. The highest BCUT2D eigenvalue weighted by molar-refractivity contribution is 7.21. The maximum Gasteiger partial charge on any atom is 0.355 e. The van der Waals surface area contributed by atoms with Crippen molar-refractivity contribution in [2.45, 2.75) is 6.92 Å². The molecule has 4 rings (SSSR count). The number of aryl methyl sites for hydroxylation is 1. The fourth-order valence-corrected chi connectivity index (χ4v) is 4.20. The van der Waals surface area contributed by atoms with E-state index in [9.17, 15) is 4.79 Å². The van der Waals surface area contributed by atoms with Crippen LogP contribution in [-0.2, 0) is 0 Å². The van der Waals surface area contributed by atoms with E-state index in [2.05, 4.69) is 4.99 Å². The number of thiophene rings is 1.